The molecule has 32 heavy (non-hydrogen) atoms. The Kier molecular flexibility index (Phi) is 6.94. The van der Waals surface area contributed by atoms with Crippen LogP contribution in [0.25, 0.3) is 6.08 Å². The Morgan fingerprint density at radius 1 is 1.16 bits per heavy atom. The minimum absolute atomic E-state index is 0.100. The summed E-state index contributed by atoms with van der Waals surface area (Å²) in [5.41, 5.74) is 3.56. The van der Waals surface area contributed by atoms with Crippen molar-refractivity contribution in [2.75, 3.05) is 18.7 Å². The number of hydrogen-bond acceptors (Lipinski definition) is 7. The molecule has 3 rings (SSSR count). The summed E-state index contributed by atoms with van der Waals surface area (Å²) < 4.78 is 15.8. The van der Waals surface area contributed by atoms with Gasteiger partial charge in [-0.3, -0.25) is 19.8 Å². The maximum atomic E-state index is 12.9. The second-order valence-corrected chi connectivity index (χ2v) is 7.39. The van der Waals surface area contributed by atoms with Crippen molar-refractivity contribution in [3.63, 3.8) is 0 Å². The van der Waals surface area contributed by atoms with Gasteiger partial charge in [0.25, 0.3) is 11.8 Å². The van der Waals surface area contributed by atoms with Crippen molar-refractivity contribution in [3.8, 4) is 11.5 Å². The van der Waals surface area contributed by atoms with Gasteiger partial charge in [0.15, 0.2) is 11.5 Å². The predicted octanol–water partition coefficient (Wildman–Crippen LogP) is 3.02. The van der Waals surface area contributed by atoms with Crippen LogP contribution < -0.4 is 19.9 Å². The van der Waals surface area contributed by atoms with Crippen molar-refractivity contribution in [3.05, 3.63) is 57.6 Å². The van der Waals surface area contributed by atoms with E-state index in [2.05, 4.69) is 26.1 Å². The summed E-state index contributed by atoms with van der Waals surface area (Å²) in [4.78, 5) is 48.3. The molecule has 0 bridgehead atoms. The minimum Gasteiger partial charge on any atom is -0.490 e. The summed E-state index contributed by atoms with van der Waals surface area (Å²) in [7, 11) is 1.27. The van der Waals surface area contributed by atoms with Crippen LogP contribution in [-0.2, 0) is 19.1 Å². The molecule has 0 aromatic heterocycles. The molecule has 9 nitrogen and oxygen atoms in total. The molecule has 0 saturated carbocycles. The standard InChI is InChI=1S/C22H19BrN2O7/c1-4-31-18-11-13(10-17(23)19(18)32-12(2)26)9-16-20(27)24-25(21(16)28)15-7-5-14(6-8-15)22(29)30-3/h5-11H,4H2,1-3H3,(H,24,27). The Bertz CT molecular complexity index is 1130. The fourth-order valence-electron chi connectivity index (χ4n) is 2.95. The Morgan fingerprint density at radius 2 is 1.84 bits per heavy atom. The topological polar surface area (TPSA) is 111 Å². The lowest BCUT2D eigenvalue weighted by Gasteiger charge is -2.14. The van der Waals surface area contributed by atoms with Crippen LogP contribution in [0.4, 0.5) is 5.69 Å². The summed E-state index contributed by atoms with van der Waals surface area (Å²) in [5, 5.41) is 1.08. The molecule has 0 radical (unpaired) electrons. The van der Waals surface area contributed by atoms with Gasteiger partial charge < -0.3 is 14.2 Å². The van der Waals surface area contributed by atoms with Crippen molar-refractivity contribution < 1.29 is 33.4 Å². The fraction of sp³-hybridized carbons (Fsp3) is 0.182. The van der Waals surface area contributed by atoms with E-state index in [1.165, 1.54) is 44.4 Å². The van der Waals surface area contributed by atoms with Gasteiger partial charge in [0.1, 0.15) is 5.57 Å². The van der Waals surface area contributed by atoms with E-state index in [1.54, 1.807) is 19.1 Å². The van der Waals surface area contributed by atoms with E-state index in [0.29, 0.717) is 27.9 Å². The van der Waals surface area contributed by atoms with Crippen LogP contribution in [0.5, 0.6) is 11.5 Å². The average molecular weight is 503 g/mol. The molecule has 2 amide bonds. The molecule has 1 heterocycles. The van der Waals surface area contributed by atoms with Crippen molar-refractivity contribution in [2.45, 2.75) is 13.8 Å². The number of anilines is 1. The molecule has 2 aromatic rings. The first-order valence-electron chi connectivity index (χ1n) is 9.45. The molecule has 166 valence electrons. The number of carbonyl (C=O) groups is 4. The van der Waals surface area contributed by atoms with Gasteiger partial charge in [0, 0.05) is 6.92 Å². The highest BCUT2D eigenvalue weighted by Crippen LogP contribution is 2.38. The zero-order valence-corrected chi connectivity index (χ0v) is 19.0. The second kappa shape index (κ2) is 9.65. The van der Waals surface area contributed by atoms with Gasteiger partial charge in [-0.1, -0.05) is 0 Å². The third-order valence-electron chi connectivity index (χ3n) is 4.33. The molecular formula is C22H19BrN2O7. The summed E-state index contributed by atoms with van der Waals surface area (Å²) in [5.74, 6) is -1.70. The molecule has 1 aliphatic heterocycles. The van der Waals surface area contributed by atoms with Gasteiger partial charge in [0.2, 0.25) is 0 Å². The van der Waals surface area contributed by atoms with E-state index < -0.39 is 23.8 Å². The molecule has 1 fully saturated rings. The number of methoxy groups -OCH3 is 1. The van der Waals surface area contributed by atoms with Crippen LogP contribution in [0.15, 0.2) is 46.4 Å². The third kappa shape index (κ3) is 4.80. The van der Waals surface area contributed by atoms with Crippen molar-refractivity contribution in [1.82, 2.24) is 5.43 Å². The summed E-state index contributed by atoms with van der Waals surface area (Å²) in [6.45, 7) is 3.36. The normalized spacial score (nSPS) is 14.4. The molecule has 1 aliphatic rings. The number of rotatable bonds is 6. The lowest BCUT2D eigenvalue weighted by atomic mass is 10.1. The molecule has 10 heteroatoms. The Morgan fingerprint density at radius 3 is 2.44 bits per heavy atom. The van der Waals surface area contributed by atoms with Crippen molar-refractivity contribution in [2.24, 2.45) is 0 Å². The van der Waals surface area contributed by atoms with Crippen LogP contribution in [-0.4, -0.2) is 37.5 Å². The first-order valence-corrected chi connectivity index (χ1v) is 10.2. The van der Waals surface area contributed by atoms with Crippen LogP contribution >= 0.6 is 15.9 Å². The number of nitrogens with one attached hydrogen (secondary N) is 1. The molecule has 0 spiro atoms. The van der Waals surface area contributed by atoms with Gasteiger partial charge in [-0.25, -0.2) is 9.80 Å². The number of halogens is 1. The van der Waals surface area contributed by atoms with E-state index in [4.69, 9.17) is 9.47 Å². The van der Waals surface area contributed by atoms with E-state index in [9.17, 15) is 19.2 Å². The zero-order valence-electron chi connectivity index (χ0n) is 17.4. The highest BCUT2D eigenvalue weighted by atomic mass is 79.9. The van der Waals surface area contributed by atoms with Gasteiger partial charge in [-0.05, 0) is 70.9 Å². The summed E-state index contributed by atoms with van der Waals surface area (Å²) in [6, 6.07) is 9.18. The first-order chi connectivity index (χ1) is 15.2. The van der Waals surface area contributed by atoms with Crippen LogP contribution in [0.1, 0.15) is 29.8 Å². The monoisotopic (exact) mass is 502 g/mol. The first kappa shape index (κ1) is 23.0. The predicted molar refractivity (Wildman–Crippen MR) is 118 cm³/mol. The second-order valence-electron chi connectivity index (χ2n) is 6.53. The van der Waals surface area contributed by atoms with Gasteiger partial charge in [-0.15, -0.1) is 0 Å². The number of hydrazine groups is 1. The molecule has 1 saturated heterocycles. The highest BCUT2D eigenvalue weighted by Gasteiger charge is 2.34. The van der Waals surface area contributed by atoms with Crippen LogP contribution in [0, 0.1) is 0 Å². The number of hydrogen-bond donors (Lipinski definition) is 1. The number of esters is 2. The average Bonchev–Trinajstić information content (AvgIpc) is 3.04. The van der Waals surface area contributed by atoms with E-state index in [0.717, 1.165) is 5.01 Å². The van der Waals surface area contributed by atoms with E-state index in [1.807, 2.05) is 0 Å². The molecule has 0 aliphatic carbocycles. The van der Waals surface area contributed by atoms with Crippen molar-refractivity contribution in [1.29, 1.82) is 0 Å². The van der Waals surface area contributed by atoms with Crippen LogP contribution in [0.2, 0.25) is 0 Å². The largest absolute Gasteiger partial charge is 0.490 e. The SMILES string of the molecule is CCOc1cc(C=C2C(=O)NN(c3ccc(C(=O)OC)cc3)C2=O)cc(Br)c1OC(C)=O. The Balaban J connectivity index is 1.92. The summed E-state index contributed by atoms with van der Waals surface area (Å²) >= 11 is 3.33. The molecular weight excluding hydrogens is 484 g/mol. The number of carbonyl (C=O) groups excluding carboxylic acids is 4. The number of amides is 2. The smallest absolute Gasteiger partial charge is 0.337 e. The molecule has 2 aromatic carbocycles. The lowest BCUT2D eigenvalue weighted by Crippen LogP contribution is -2.35. The molecule has 0 atom stereocenters. The zero-order chi connectivity index (χ0) is 23.4. The van der Waals surface area contributed by atoms with Gasteiger partial charge in [-0.2, -0.15) is 0 Å². The molecule has 1 N–H and O–H groups in total. The summed E-state index contributed by atoms with van der Waals surface area (Å²) in [6.07, 6.45) is 1.41. The Hall–Kier alpha value is -3.66. The van der Waals surface area contributed by atoms with E-state index in [-0.39, 0.29) is 17.1 Å². The van der Waals surface area contributed by atoms with Gasteiger partial charge >= 0.3 is 11.9 Å². The van der Waals surface area contributed by atoms with Gasteiger partial charge in [0.05, 0.1) is 29.4 Å². The van der Waals surface area contributed by atoms with Crippen LogP contribution in [0.3, 0.4) is 0 Å². The number of ether oxygens (including phenoxy) is 3. The number of nitrogens with zero attached hydrogens (tertiary/aromatic N) is 1. The fourth-order valence-corrected chi connectivity index (χ4v) is 3.49. The van der Waals surface area contributed by atoms with E-state index >= 15 is 0 Å². The maximum absolute atomic E-state index is 12.9. The Labute approximate surface area is 192 Å². The minimum atomic E-state index is -0.592. The highest BCUT2D eigenvalue weighted by molar-refractivity contribution is 9.10. The third-order valence-corrected chi connectivity index (χ3v) is 4.92. The number of benzene rings is 2. The lowest BCUT2D eigenvalue weighted by molar-refractivity contribution is -0.132. The quantitative estimate of drug-likeness (QED) is 0.279. The maximum Gasteiger partial charge on any atom is 0.337 e. The molecule has 0 unspecified atom stereocenters. The van der Waals surface area contributed by atoms with Crippen molar-refractivity contribution >= 4 is 51.4 Å².